The molecular formula is C39H38ClN3O7. The smallest absolute Gasteiger partial charge is 0.313 e. The Morgan fingerprint density at radius 2 is 1.64 bits per heavy atom. The summed E-state index contributed by atoms with van der Waals surface area (Å²) >= 11 is 6.22. The van der Waals surface area contributed by atoms with E-state index in [9.17, 15) is 19.5 Å². The van der Waals surface area contributed by atoms with Gasteiger partial charge in [-0.2, -0.15) is 0 Å². The van der Waals surface area contributed by atoms with E-state index in [0.717, 1.165) is 0 Å². The normalized spacial score (nSPS) is 30.9. The molecule has 0 aliphatic carbocycles. The van der Waals surface area contributed by atoms with Gasteiger partial charge in [-0.15, -0.1) is 0 Å². The summed E-state index contributed by atoms with van der Waals surface area (Å²) in [5, 5.41) is 14.3. The van der Waals surface area contributed by atoms with Crippen LogP contribution in [-0.2, 0) is 28.7 Å². The van der Waals surface area contributed by atoms with Crippen LogP contribution in [0.15, 0.2) is 109 Å². The van der Waals surface area contributed by atoms with Crippen molar-refractivity contribution in [2.24, 2.45) is 11.8 Å². The summed E-state index contributed by atoms with van der Waals surface area (Å²) in [7, 11) is 0. The lowest BCUT2D eigenvalue weighted by atomic mass is 9.74. The number of likely N-dealkylation sites (tertiary alicyclic amines) is 1. The number of ether oxygens (including phenoxy) is 2. The third-order valence-corrected chi connectivity index (χ3v) is 10.4. The lowest BCUT2D eigenvalue weighted by Crippen LogP contribution is -2.57. The number of amides is 3. The molecule has 7 rings (SSSR count). The maximum Gasteiger partial charge on any atom is 0.313 e. The molecule has 3 amide bonds. The predicted molar refractivity (Wildman–Crippen MR) is 186 cm³/mol. The molecule has 50 heavy (non-hydrogen) atoms. The number of nitrogens with zero attached hydrogens (tertiary/aromatic N) is 2. The molecule has 4 aliphatic rings. The lowest BCUT2D eigenvalue weighted by Gasteiger charge is -2.39. The van der Waals surface area contributed by atoms with Crippen LogP contribution in [0.5, 0.6) is 0 Å². The molecule has 8 atom stereocenters. The number of nitrogens with one attached hydrogen (secondary N) is 1. The zero-order valence-electron chi connectivity index (χ0n) is 27.4. The van der Waals surface area contributed by atoms with Gasteiger partial charge in [0.05, 0.1) is 30.7 Å². The van der Waals surface area contributed by atoms with Gasteiger partial charge in [0.15, 0.2) is 0 Å². The quantitative estimate of drug-likeness (QED) is 0.293. The Labute approximate surface area is 295 Å². The number of allylic oxidation sites excluding steroid dienone is 1. The highest BCUT2D eigenvalue weighted by atomic mass is 35.5. The van der Waals surface area contributed by atoms with Crippen LogP contribution in [0.4, 0.5) is 5.69 Å². The molecule has 4 heterocycles. The molecule has 2 fully saturated rings. The molecule has 2 saturated heterocycles. The number of cyclic esters (lactones) is 1. The number of halogens is 1. The molecule has 3 aromatic rings. The Balaban J connectivity index is 1.37. The molecule has 2 N–H and O–H groups in total. The average molecular weight is 696 g/mol. The zero-order chi connectivity index (χ0) is 35.0. The first-order valence-corrected chi connectivity index (χ1v) is 17.2. The number of fused-ring (bicyclic) bond motifs is 2. The number of hydrogen-bond acceptors (Lipinski definition) is 7. The average Bonchev–Trinajstić information content (AvgIpc) is 3.77. The highest BCUT2D eigenvalue weighted by Gasteiger charge is 2.74. The van der Waals surface area contributed by atoms with E-state index in [1.165, 1.54) is 9.80 Å². The van der Waals surface area contributed by atoms with Crippen LogP contribution in [0, 0.1) is 11.8 Å². The molecule has 0 radical (unpaired) electrons. The van der Waals surface area contributed by atoms with Crippen molar-refractivity contribution >= 4 is 41.0 Å². The van der Waals surface area contributed by atoms with Crippen LogP contribution >= 0.6 is 11.6 Å². The first-order valence-electron chi connectivity index (χ1n) is 16.9. The van der Waals surface area contributed by atoms with E-state index in [-0.39, 0.29) is 18.9 Å². The number of aliphatic hydroxyl groups is 1. The molecule has 10 nitrogen and oxygen atoms in total. The van der Waals surface area contributed by atoms with Crippen molar-refractivity contribution in [1.82, 2.24) is 10.2 Å². The zero-order valence-corrected chi connectivity index (χ0v) is 28.2. The standard InChI is InChI=1S/C39H38ClN3O7/c1-24-34(26-13-7-3-8-14-26)49-38(48)32-30-20-21-39(50-30)33(32)36(46)43(29(23-44)25-11-5-2-6-12-25)35(39)37(47)42(28-18-16-27(40)17-19-28)22-10-4-9-15-31(45)41-24/h2-8,10-14,16-21,24,29-30,32-35,44H,9,15,22-23H2,1H3,(H,41,45)/b10-4-/t24-,29-,30+,32-,33-,34+,35+,39-/m1/s1. The monoisotopic (exact) mass is 695 g/mol. The van der Waals surface area contributed by atoms with Crippen molar-refractivity contribution in [2.45, 2.75) is 55.7 Å². The third-order valence-electron chi connectivity index (χ3n) is 10.1. The fourth-order valence-electron chi connectivity index (χ4n) is 7.83. The molecule has 5 bridgehead atoms. The Hall–Kier alpha value is -4.77. The minimum atomic E-state index is -1.52. The van der Waals surface area contributed by atoms with Gasteiger partial charge in [-0.05, 0) is 48.7 Å². The molecule has 0 unspecified atom stereocenters. The second kappa shape index (κ2) is 13.9. The van der Waals surface area contributed by atoms with Gasteiger partial charge in [0.2, 0.25) is 11.8 Å². The van der Waals surface area contributed by atoms with Crippen molar-refractivity contribution in [3.05, 3.63) is 125 Å². The number of benzene rings is 3. The number of carbonyl (C=O) groups is 4. The Morgan fingerprint density at radius 1 is 0.940 bits per heavy atom. The summed E-state index contributed by atoms with van der Waals surface area (Å²) < 4.78 is 12.8. The number of anilines is 1. The largest absolute Gasteiger partial charge is 0.455 e. The van der Waals surface area contributed by atoms with E-state index in [1.54, 1.807) is 67.6 Å². The summed E-state index contributed by atoms with van der Waals surface area (Å²) in [6.45, 7) is 1.42. The SMILES string of the molecule is C[C@H]1NC(=O)CC/C=C\CN(c2ccc(Cl)cc2)C(=O)[C@@H]2N([C@H](CO)c3ccccc3)C(=O)[C@H]3[C@H](C(=O)O[C@@H]1c1ccccc1)[C@@H]1C=C[C@]23O1. The summed E-state index contributed by atoms with van der Waals surface area (Å²) in [6, 6.07) is 22.2. The number of aliphatic hydroxyl groups excluding tert-OH is 1. The van der Waals surface area contributed by atoms with Crippen LogP contribution < -0.4 is 10.2 Å². The van der Waals surface area contributed by atoms with Gasteiger partial charge in [0.1, 0.15) is 23.7 Å². The summed E-state index contributed by atoms with van der Waals surface area (Å²) in [5.41, 5.74) is 0.314. The van der Waals surface area contributed by atoms with Gasteiger partial charge >= 0.3 is 5.97 Å². The molecule has 258 valence electrons. The third kappa shape index (κ3) is 5.91. The van der Waals surface area contributed by atoms with Gasteiger partial charge in [-0.3, -0.25) is 19.2 Å². The van der Waals surface area contributed by atoms with Crippen molar-refractivity contribution in [1.29, 1.82) is 0 Å². The summed E-state index contributed by atoms with van der Waals surface area (Å²) in [5.74, 6) is -4.05. The van der Waals surface area contributed by atoms with Crippen LogP contribution in [0.25, 0.3) is 0 Å². The van der Waals surface area contributed by atoms with Gasteiger partial charge < -0.3 is 29.7 Å². The Kier molecular flexibility index (Phi) is 9.34. The number of hydrogen-bond donors (Lipinski definition) is 2. The van der Waals surface area contributed by atoms with Crippen LogP contribution in [0.3, 0.4) is 0 Å². The van der Waals surface area contributed by atoms with E-state index in [2.05, 4.69) is 5.32 Å². The fraction of sp³-hybridized carbons (Fsp3) is 0.333. The van der Waals surface area contributed by atoms with Crippen molar-refractivity contribution < 1.29 is 33.8 Å². The Bertz CT molecular complexity index is 1820. The lowest BCUT2D eigenvalue weighted by molar-refractivity contribution is -0.161. The second-order valence-electron chi connectivity index (χ2n) is 13.1. The van der Waals surface area contributed by atoms with Gasteiger partial charge in [-0.1, -0.05) is 96.6 Å². The number of carbonyl (C=O) groups excluding carboxylic acids is 4. The summed E-state index contributed by atoms with van der Waals surface area (Å²) in [4.78, 5) is 60.3. The van der Waals surface area contributed by atoms with Crippen molar-refractivity contribution in [2.75, 3.05) is 18.1 Å². The molecule has 3 aromatic carbocycles. The molecular weight excluding hydrogens is 658 g/mol. The first-order chi connectivity index (χ1) is 24.2. The Morgan fingerprint density at radius 3 is 2.34 bits per heavy atom. The second-order valence-corrected chi connectivity index (χ2v) is 13.6. The van der Waals surface area contributed by atoms with Gasteiger partial charge in [-0.25, -0.2) is 0 Å². The first kappa shape index (κ1) is 33.7. The van der Waals surface area contributed by atoms with Crippen LogP contribution in [0.2, 0.25) is 5.02 Å². The topological polar surface area (TPSA) is 125 Å². The minimum Gasteiger partial charge on any atom is -0.455 e. The maximum absolute atomic E-state index is 15.1. The van der Waals surface area contributed by atoms with Gasteiger partial charge in [0.25, 0.3) is 5.91 Å². The molecule has 0 aromatic heterocycles. The summed E-state index contributed by atoms with van der Waals surface area (Å²) in [6.07, 6.45) is 5.97. The fourth-order valence-corrected chi connectivity index (χ4v) is 7.96. The van der Waals surface area contributed by atoms with E-state index >= 15 is 4.79 Å². The minimum absolute atomic E-state index is 0.113. The van der Waals surface area contributed by atoms with Crippen molar-refractivity contribution in [3.8, 4) is 0 Å². The number of esters is 1. The molecule has 1 spiro atoms. The van der Waals surface area contributed by atoms with Crippen molar-refractivity contribution in [3.63, 3.8) is 0 Å². The van der Waals surface area contributed by atoms with Gasteiger partial charge in [0, 0.05) is 23.7 Å². The molecule has 0 saturated carbocycles. The highest BCUT2D eigenvalue weighted by molar-refractivity contribution is 6.30. The van der Waals surface area contributed by atoms with E-state index in [1.807, 2.05) is 48.6 Å². The molecule has 11 heteroatoms. The van der Waals surface area contributed by atoms with E-state index < -0.39 is 72.2 Å². The predicted octanol–water partition coefficient (Wildman–Crippen LogP) is 4.70. The van der Waals surface area contributed by atoms with E-state index in [4.69, 9.17) is 21.1 Å². The maximum atomic E-state index is 15.1. The highest BCUT2D eigenvalue weighted by Crippen LogP contribution is 2.57. The number of rotatable bonds is 5. The van der Waals surface area contributed by atoms with E-state index in [0.29, 0.717) is 28.3 Å². The molecule has 4 aliphatic heterocycles. The van der Waals surface area contributed by atoms with Crippen LogP contribution in [-0.4, -0.2) is 70.6 Å². The van der Waals surface area contributed by atoms with Crippen LogP contribution in [0.1, 0.15) is 43.0 Å².